The van der Waals surface area contributed by atoms with E-state index in [0.29, 0.717) is 17.2 Å². The molecule has 8 nitrogen and oxygen atoms in total. The number of aromatic nitrogens is 2. The molecule has 0 unspecified atom stereocenters. The number of rotatable bonds is 6. The number of anilines is 1. The number of fused-ring (bicyclic) bond motifs is 1. The lowest BCUT2D eigenvalue weighted by molar-refractivity contribution is -0.142. The first-order valence-corrected chi connectivity index (χ1v) is 9.64. The van der Waals surface area contributed by atoms with Crippen LogP contribution in [0.15, 0.2) is 35.3 Å². The Morgan fingerprint density at radius 1 is 1.21 bits per heavy atom. The van der Waals surface area contributed by atoms with Crippen molar-refractivity contribution in [3.8, 4) is 11.1 Å². The number of nitrogens with one attached hydrogen (secondary N) is 3. The number of esters is 1. The minimum atomic E-state index is -0.443. The molecule has 0 saturated carbocycles. The highest BCUT2D eigenvalue weighted by Gasteiger charge is 2.12. The number of hydrogen-bond acceptors (Lipinski definition) is 6. The molecular formula is C19H20N4O4S. The molecule has 0 aliphatic heterocycles. The number of carbonyl (C=O) groups is 2. The zero-order valence-electron chi connectivity index (χ0n) is 15.5. The highest BCUT2D eigenvalue weighted by atomic mass is 32.1. The molecule has 3 aromatic rings. The Balaban J connectivity index is 1.88. The van der Waals surface area contributed by atoms with Gasteiger partial charge in [0.2, 0.25) is 0 Å². The molecule has 0 bridgehead atoms. The predicted molar refractivity (Wildman–Crippen MR) is 109 cm³/mol. The van der Waals surface area contributed by atoms with Gasteiger partial charge in [0.25, 0.3) is 5.56 Å². The van der Waals surface area contributed by atoms with Gasteiger partial charge in [0.05, 0.1) is 23.2 Å². The van der Waals surface area contributed by atoms with E-state index in [4.69, 9.17) is 4.74 Å². The molecule has 3 N–H and O–H groups in total. The van der Waals surface area contributed by atoms with Crippen LogP contribution in [-0.4, -0.2) is 35.1 Å². The van der Waals surface area contributed by atoms with Crippen molar-refractivity contribution in [3.63, 3.8) is 0 Å². The van der Waals surface area contributed by atoms with Gasteiger partial charge < -0.3 is 15.0 Å². The summed E-state index contributed by atoms with van der Waals surface area (Å²) in [4.78, 5) is 42.4. The molecule has 0 atom stereocenters. The van der Waals surface area contributed by atoms with Crippen molar-refractivity contribution in [1.29, 1.82) is 0 Å². The average Bonchev–Trinajstić information content (AvgIpc) is 3.05. The summed E-state index contributed by atoms with van der Waals surface area (Å²) in [7, 11) is 0. The number of pyridine rings is 1. The third-order valence-electron chi connectivity index (χ3n) is 3.90. The van der Waals surface area contributed by atoms with Crippen LogP contribution in [0.5, 0.6) is 0 Å². The van der Waals surface area contributed by atoms with Gasteiger partial charge in [-0.05, 0) is 43.2 Å². The number of nitrogens with zero attached hydrogens (tertiary/aromatic N) is 1. The Morgan fingerprint density at radius 3 is 2.79 bits per heavy atom. The number of urea groups is 1. The number of thiazole rings is 1. The lowest BCUT2D eigenvalue weighted by Gasteiger charge is -2.05. The molecule has 0 spiro atoms. The van der Waals surface area contributed by atoms with Gasteiger partial charge >= 0.3 is 12.0 Å². The van der Waals surface area contributed by atoms with Gasteiger partial charge in [0, 0.05) is 18.3 Å². The average molecular weight is 400 g/mol. The van der Waals surface area contributed by atoms with Crippen molar-refractivity contribution < 1.29 is 14.3 Å². The van der Waals surface area contributed by atoms with E-state index >= 15 is 0 Å². The van der Waals surface area contributed by atoms with Crippen LogP contribution in [0.1, 0.15) is 19.4 Å². The fourth-order valence-corrected chi connectivity index (χ4v) is 3.50. The van der Waals surface area contributed by atoms with Crippen molar-refractivity contribution in [2.24, 2.45) is 0 Å². The zero-order chi connectivity index (χ0) is 20.1. The Morgan fingerprint density at radius 2 is 2.04 bits per heavy atom. The Kier molecular flexibility index (Phi) is 6.05. The maximum Gasteiger partial charge on any atom is 0.321 e. The van der Waals surface area contributed by atoms with E-state index in [9.17, 15) is 14.4 Å². The number of H-pyrrole nitrogens is 1. The van der Waals surface area contributed by atoms with Crippen LogP contribution in [0.2, 0.25) is 0 Å². The summed E-state index contributed by atoms with van der Waals surface area (Å²) in [5.41, 5.74) is 2.34. The first-order chi connectivity index (χ1) is 13.5. The smallest absolute Gasteiger partial charge is 0.321 e. The highest BCUT2D eigenvalue weighted by Crippen LogP contribution is 2.30. The molecule has 2 heterocycles. The van der Waals surface area contributed by atoms with E-state index in [1.165, 1.54) is 11.3 Å². The fraction of sp³-hybridized carbons (Fsp3) is 0.263. The second kappa shape index (κ2) is 8.66. The topological polar surface area (TPSA) is 113 Å². The quantitative estimate of drug-likeness (QED) is 0.551. The second-order valence-corrected chi connectivity index (χ2v) is 6.94. The molecule has 0 aliphatic rings. The van der Waals surface area contributed by atoms with E-state index < -0.39 is 5.97 Å². The fourth-order valence-electron chi connectivity index (χ4n) is 2.66. The SMILES string of the molecule is CCNC(=O)Nc1nc2cc(-c3c[nH]c(=O)c(CC(=O)OCC)c3)ccc2s1. The standard InChI is InChI=1S/C19H20N4O4S/c1-3-20-18(26)23-19-22-14-8-11(5-6-15(14)28-19)13-7-12(17(25)21-10-13)9-16(24)27-4-2/h5-8,10H,3-4,9H2,1-2H3,(H,21,25)(H2,20,22,23,26). The Bertz CT molecular complexity index is 1070. The van der Waals surface area contributed by atoms with E-state index in [0.717, 1.165) is 21.3 Å². The lowest BCUT2D eigenvalue weighted by Crippen LogP contribution is -2.28. The van der Waals surface area contributed by atoms with E-state index in [-0.39, 0.29) is 24.6 Å². The number of benzene rings is 1. The van der Waals surface area contributed by atoms with Crippen LogP contribution in [0.25, 0.3) is 21.3 Å². The number of carbonyl (C=O) groups excluding carboxylic acids is 2. The summed E-state index contributed by atoms with van der Waals surface area (Å²) in [6.07, 6.45) is 1.51. The van der Waals surface area contributed by atoms with Gasteiger partial charge in [-0.15, -0.1) is 0 Å². The molecule has 2 amide bonds. The Labute approximate surface area is 165 Å². The normalized spacial score (nSPS) is 10.6. The molecule has 3 rings (SSSR count). The molecule has 0 fully saturated rings. The van der Waals surface area contributed by atoms with Crippen molar-refractivity contribution >= 4 is 38.7 Å². The molecule has 0 aliphatic carbocycles. The van der Waals surface area contributed by atoms with Crippen molar-refractivity contribution in [1.82, 2.24) is 15.3 Å². The van der Waals surface area contributed by atoms with Gasteiger partial charge in [-0.1, -0.05) is 17.4 Å². The van der Waals surface area contributed by atoms with Crippen molar-refractivity contribution in [3.05, 3.63) is 46.4 Å². The first-order valence-electron chi connectivity index (χ1n) is 8.83. The third-order valence-corrected chi connectivity index (χ3v) is 4.85. The zero-order valence-corrected chi connectivity index (χ0v) is 16.3. The van der Waals surface area contributed by atoms with Crippen LogP contribution in [-0.2, 0) is 16.0 Å². The van der Waals surface area contributed by atoms with Crippen LogP contribution >= 0.6 is 11.3 Å². The van der Waals surface area contributed by atoms with Gasteiger partial charge in [0.15, 0.2) is 5.13 Å². The van der Waals surface area contributed by atoms with Crippen LogP contribution in [0, 0.1) is 0 Å². The van der Waals surface area contributed by atoms with Crippen LogP contribution in [0.3, 0.4) is 0 Å². The van der Waals surface area contributed by atoms with Crippen molar-refractivity contribution in [2.45, 2.75) is 20.3 Å². The number of amides is 2. The molecule has 146 valence electrons. The van der Waals surface area contributed by atoms with E-state index in [2.05, 4.69) is 20.6 Å². The molecule has 1 aromatic carbocycles. The molecular weight excluding hydrogens is 380 g/mol. The minimum Gasteiger partial charge on any atom is -0.466 e. The van der Waals surface area contributed by atoms with E-state index in [1.807, 2.05) is 25.1 Å². The number of ether oxygens (including phenoxy) is 1. The summed E-state index contributed by atoms with van der Waals surface area (Å²) >= 11 is 1.37. The lowest BCUT2D eigenvalue weighted by atomic mass is 10.0. The summed E-state index contributed by atoms with van der Waals surface area (Å²) in [6.45, 7) is 4.35. The summed E-state index contributed by atoms with van der Waals surface area (Å²) in [5, 5.41) is 5.86. The number of hydrogen-bond donors (Lipinski definition) is 3. The monoisotopic (exact) mass is 400 g/mol. The maximum atomic E-state index is 12.0. The minimum absolute atomic E-state index is 0.0867. The molecule has 28 heavy (non-hydrogen) atoms. The summed E-state index contributed by atoms with van der Waals surface area (Å²) in [6, 6.07) is 7.05. The van der Waals surface area contributed by atoms with Crippen molar-refractivity contribution in [2.75, 3.05) is 18.5 Å². The summed E-state index contributed by atoms with van der Waals surface area (Å²) in [5.74, 6) is -0.443. The van der Waals surface area contributed by atoms with Gasteiger partial charge in [0.1, 0.15) is 0 Å². The largest absolute Gasteiger partial charge is 0.466 e. The highest BCUT2D eigenvalue weighted by molar-refractivity contribution is 7.22. The van der Waals surface area contributed by atoms with E-state index in [1.54, 1.807) is 19.2 Å². The maximum absolute atomic E-state index is 12.0. The molecule has 0 radical (unpaired) electrons. The first kappa shape index (κ1) is 19.6. The third kappa shape index (κ3) is 4.55. The van der Waals surface area contributed by atoms with Gasteiger partial charge in [-0.2, -0.15) is 0 Å². The summed E-state index contributed by atoms with van der Waals surface area (Å²) < 4.78 is 5.84. The molecule has 9 heteroatoms. The molecule has 0 saturated heterocycles. The Hall–Kier alpha value is -3.20. The van der Waals surface area contributed by atoms with Crippen LogP contribution in [0.4, 0.5) is 9.93 Å². The van der Waals surface area contributed by atoms with Crippen LogP contribution < -0.4 is 16.2 Å². The number of aromatic amines is 1. The molecule has 2 aromatic heterocycles. The second-order valence-electron chi connectivity index (χ2n) is 5.91. The van der Waals surface area contributed by atoms with Gasteiger partial charge in [-0.25, -0.2) is 9.78 Å². The van der Waals surface area contributed by atoms with Gasteiger partial charge in [-0.3, -0.25) is 14.9 Å². The predicted octanol–water partition coefficient (Wildman–Crippen LogP) is 2.90.